The number of nitrogens with two attached hydrogens (primary N) is 1. The minimum atomic E-state index is 0. The number of nitrogen functional groups attached to an aromatic ring is 1. The van der Waals surface area contributed by atoms with Crippen molar-refractivity contribution in [1.82, 2.24) is 0 Å². The zero-order chi connectivity index (χ0) is 15.2. The van der Waals surface area contributed by atoms with Gasteiger partial charge in [-0.25, -0.2) is 0 Å². The Hall–Kier alpha value is -2.00. The zero-order valence-electron chi connectivity index (χ0n) is 13.1. The van der Waals surface area contributed by atoms with E-state index in [4.69, 9.17) is 5.73 Å². The van der Waals surface area contributed by atoms with Gasteiger partial charge in [0.2, 0.25) is 5.91 Å². The first-order chi connectivity index (χ1) is 10.1. The van der Waals surface area contributed by atoms with Crippen molar-refractivity contribution in [1.29, 1.82) is 0 Å². The van der Waals surface area contributed by atoms with E-state index in [1.807, 2.05) is 43.3 Å². The number of carbonyl (C=O) groups excluding carboxylic acids is 1. The van der Waals surface area contributed by atoms with Crippen LogP contribution in [0.5, 0.6) is 0 Å². The minimum Gasteiger partial charge on any atom is -0.399 e. The molecule has 0 heterocycles. The quantitative estimate of drug-likeness (QED) is 0.814. The number of hydrogen-bond donors (Lipinski definition) is 2. The third-order valence-corrected chi connectivity index (χ3v) is 3.68. The molecule has 0 atom stereocenters. The summed E-state index contributed by atoms with van der Waals surface area (Å²) < 4.78 is 0. The van der Waals surface area contributed by atoms with E-state index in [0.29, 0.717) is 12.8 Å². The van der Waals surface area contributed by atoms with Crippen LogP contribution in [0.25, 0.3) is 0 Å². The normalized spacial score (nSPS) is 9.91. The van der Waals surface area contributed by atoms with Crippen molar-refractivity contribution in [2.75, 3.05) is 11.1 Å². The fourth-order valence-electron chi connectivity index (χ4n) is 2.41. The maximum atomic E-state index is 12.2. The lowest BCUT2D eigenvalue weighted by atomic mass is 10.0. The maximum absolute atomic E-state index is 12.2. The molecule has 0 aliphatic rings. The number of hydrogen-bond acceptors (Lipinski definition) is 2. The van der Waals surface area contributed by atoms with Crippen LogP contribution in [0, 0.1) is 6.92 Å². The Morgan fingerprint density at radius 2 is 1.77 bits per heavy atom. The van der Waals surface area contributed by atoms with E-state index in [0.717, 1.165) is 28.9 Å². The monoisotopic (exact) mass is 318 g/mol. The van der Waals surface area contributed by atoms with Crippen LogP contribution in [0.4, 0.5) is 11.4 Å². The Bertz CT molecular complexity index is 641. The summed E-state index contributed by atoms with van der Waals surface area (Å²) in [4.78, 5) is 12.2. The molecular formula is C18H23ClN2O. The second-order valence-electron chi connectivity index (χ2n) is 5.21. The first-order valence-electron chi connectivity index (χ1n) is 7.33. The molecule has 3 N–H and O–H groups in total. The van der Waals surface area contributed by atoms with Gasteiger partial charge in [-0.2, -0.15) is 0 Å². The van der Waals surface area contributed by atoms with Crippen molar-refractivity contribution >= 4 is 29.7 Å². The molecule has 2 aromatic carbocycles. The molecule has 0 bridgehead atoms. The number of nitrogens with one attached hydrogen (secondary N) is 1. The molecule has 0 unspecified atom stereocenters. The van der Waals surface area contributed by atoms with Crippen LogP contribution in [0.2, 0.25) is 0 Å². The number of para-hydroxylation sites is 2. The summed E-state index contributed by atoms with van der Waals surface area (Å²) in [5.41, 5.74) is 10.9. The molecule has 0 aliphatic heterocycles. The number of carbonyl (C=O) groups is 1. The second-order valence-corrected chi connectivity index (χ2v) is 5.21. The van der Waals surface area contributed by atoms with E-state index in [9.17, 15) is 4.79 Å². The molecule has 0 fully saturated rings. The van der Waals surface area contributed by atoms with Gasteiger partial charge in [0.15, 0.2) is 0 Å². The van der Waals surface area contributed by atoms with Crippen molar-refractivity contribution in [2.24, 2.45) is 0 Å². The highest BCUT2D eigenvalue weighted by Gasteiger charge is 2.09. The van der Waals surface area contributed by atoms with Crippen molar-refractivity contribution in [2.45, 2.75) is 33.1 Å². The predicted molar refractivity (Wildman–Crippen MR) is 95.6 cm³/mol. The van der Waals surface area contributed by atoms with Gasteiger partial charge in [0.25, 0.3) is 0 Å². The lowest BCUT2D eigenvalue weighted by molar-refractivity contribution is -0.116. The fraction of sp³-hybridized carbons (Fsp3) is 0.278. The Morgan fingerprint density at radius 3 is 2.45 bits per heavy atom. The molecule has 2 aromatic rings. The Kier molecular flexibility index (Phi) is 6.93. The van der Waals surface area contributed by atoms with Gasteiger partial charge < -0.3 is 11.1 Å². The van der Waals surface area contributed by atoms with Gasteiger partial charge in [0.05, 0.1) is 0 Å². The summed E-state index contributed by atoms with van der Waals surface area (Å²) in [5, 5.41) is 3.04. The van der Waals surface area contributed by atoms with Gasteiger partial charge in [0, 0.05) is 17.8 Å². The number of rotatable bonds is 5. The van der Waals surface area contributed by atoms with Gasteiger partial charge in [-0.3, -0.25) is 4.79 Å². The van der Waals surface area contributed by atoms with Crippen molar-refractivity contribution in [3.8, 4) is 0 Å². The first-order valence-corrected chi connectivity index (χ1v) is 7.33. The molecule has 2 rings (SSSR count). The van der Waals surface area contributed by atoms with E-state index in [1.165, 1.54) is 5.56 Å². The van der Waals surface area contributed by atoms with Crippen LogP contribution in [-0.4, -0.2) is 5.91 Å². The van der Waals surface area contributed by atoms with E-state index in [-0.39, 0.29) is 18.3 Å². The lowest BCUT2D eigenvalue weighted by Crippen LogP contribution is -2.15. The standard InChI is InChI=1S/C18H22N2O.ClH/c1-3-14-9-6-7-13(2)18(14)20-17(21)12-11-15-8-4-5-10-16(15)19;/h4-10H,3,11-12,19H2,1-2H3,(H,20,21);1H. The second kappa shape index (κ2) is 8.44. The van der Waals surface area contributed by atoms with Gasteiger partial charge in [-0.05, 0) is 42.5 Å². The molecule has 0 saturated heterocycles. The minimum absolute atomic E-state index is 0. The predicted octanol–water partition coefficient (Wildman–Crippen LogP) is 4.13. The van der Waals surface area contributed by atoms with Crippen LogP contribution >= 0.6 is 12.4 Å². The number of benzene rings is 2. The van der Waals surface area contributed by atoms with Crippen LogP contribution in [0.15, 0.2) is 42.5 Å². The number of aryl methyl sites for hydroxylation is 3. The average molecular weight is 319 g/mol. The summed E-state index contributed by atoms with van der Waals surface area (Å²) in [5.74, 6) is 0.0299. The number of anilines is 2. The first kappa shape index (κ1) is 18.1. The zero-order valence-corrected chi connectivity index (χ0v) is 13.9. The Balaban J connectivity index is 0.00000242. The summed E-state index contributed by atoms with van der Waals surface area (Å²) >= 11 is 0. The van der Waals surface area contributed by atoms with Gasteiger partial charge in [-0.15, -0.1) is 12.4 Å². The van der Waals surface area contributed by atoms with E-state index in [2.05, 4.69) is 18.3 Å². The Labute approximate surface area is 138 Å². The third-order valence-electron chi connectivity index (χ3n) is 3.68. The molecule has 4 heteroatoms. The van der Waals surface area contributed by atoms with Gasteiger partial charge in [0.1, 0.15) is 0 Å². The van der Waals surface area contributed by atoms with Crippen molar-refractivity contribution in [3.63, 3.8) is 0 Å². The molecule has 1 amide bonds. The van der Waals surface area contributed by atoms with Crippen LogP contribution in [0.1, 0.15) is 30.0 Å². The van der Waals surface area contributed by atoms with Crippen LogP contribution in [-0.2, 0) is 17.6 Å². The molecule has 0 saturated carbocycles. The molecule has 0 spiro atoms. The Morgan fingerprint density at radius 1 is 1.09 bits per heavy atom. The highest BCUT2D eigenvalue weighted by Crippen LogP contribution is 2.21. The average Bonchev–Trinajstić information content (AvgIpc) is 2.48. The molecule has 22 heavy (non-hydrogen) atoms. The lowest BCUT2D eigenvalue weighted by Gasteiger charge is -2.13. The SMILES string of the molecule is CCc1cccc(C)c1NC(=O)CCc1ccccc1N.Cl. The van der Waals surface area contributed by atoms with Crippen LogP contribution < -0.4 is 11.1 Å². The maximum Gasteiger partial charge on any atom is 0.224 e. The van der Waals surface area contributed by atoms with Gasteiger partial charge >= 0.3 is 0 Å². The topological polar surface area (TPSA) is 55.1 Å². The molecule has 0 aromatic heterocycles. The summed E-state index contributed by atoms with van der Waals surface area (Å²) in [7, 11) is 0. The van der Waals surface area contributed by atoms with E-state index in [1.54, 1.807) is 0 Å². The molecule has 0 aliphatic carbocycles. The number of amides is 1. The van der Waals surface area contributed by atoms with E-state index >= 15 is 0 Å². The molecule has 3 nitrogen and oxygen atoms in total. The van der Waals surface area contributed by atoms with Crippen molar-refractivity contribution < 1.29 is 4.79 Å². The molecular weight excluding hydrogens is 296 g/mol. The van der Waals surface area contributed by atoms with Crippen molar-refractivity contribution in [3.05, 3.63) is 59.2 Å². The largest absolute Gasteiger partial charge is 0.399 e. The number of halogens is 1. The summed E-state index contributed by atoms with van der Waals surface area (Å²) in [6.45, 7) is 4.11. The third kappa shape index (κ3) is 4.50. The highest BCUT2D eigenvalue weighted by molar-refractivity contribution is 5.92. The fourth-order valence-corrected chi connectivity index (χ4v) is 2.41. The molecule has 118 valence electrons. The summed E-state index contributed by atoms with van der Waals surface area (Å²) in [6.07, 6.45) is 2.00. The summed E-state index contributed by atoms with van der Waals surface area (Å²) in [6, 6.07) is 13.8. The smallest absolute Gasteiger partial charge is 0.224 e. The highest BCUT2D eigenvalue weighted by atomic mass is 35.5. The van der Waals surface area contributed by atoms with Crippen LogP contribution in [0.3, 0.4) is 0 Å². The van der Waals surface area contributed by atoms with E-state index < -0.39 is 0 Å². The molecule has 0 radical (unpaired) electrons. The van der Waals surface area contributed by atoms with Gasteiger partial charge in [-0.1, -0.05) is 43.3 Å².